The summed E-state index contributed by atoms with van der Waals surface area (Å²) in [5.74, 6) is -0.505. The lowest BCUT2D eigenvalue weighted by Gasteiger charge is -2.24. The summed E-state index contributed by atoms with van der Waals surface area (Å²) in [6.45, 7) is 3.36. The number of benzene rings is 1. The van der Waals surface area contributed by atoms with Crippen molar-refractivity contribution in [2.24, 2.45) is 0 Å². The van der Waals surface area contributed by atoms with E-state index in [0.29, 0.717) is 17.7 Å². The molecule has 142 valence electrons. The Kier molecular flexibility index (Phi) is 5.96. The van der Waals surface area contributed by atoms with Crippen LogP contribution in [-0.2, 0) is 11.3 Å². The van der Waals surface area contributed by atoms with Gasteiger partial charge in [-0.2, -0.15) is 0 Å². The summed E-state index contributed by atoms with van der Waals surface area (Å²) in [6, 6.07) is 6.32. The van der Waals surface area contributed by atoms with Crippen molar-refractivity contribution in [1.29, 1.82) is 0 Å². The van der Waals surface area contributed by atoms with Crippen molar-refractivity contribution in [2.75, 3.05) is 6.54 Å². The van der Waals surface area contributed by atoms with E-state index in [0.717, 1.165) is 25.8 Å². The van der Waals surface area contributed by atoms with Crippen molar-refractivity contribution in [2.45, 2.75) is 38.8 Å². The van der Waals surface area contributed by atoms with Crippen LogP contribution in [0.5, 0.6) is 5.75 Å². The standard InChI is InChI=1S/C21H25N3O3/c1-2-3-4-9-18-19(16-7-5-8-17(25)14-16)20(26)21(27)24(18)12-6-11-23-13-10-22-15-23/h4-5,7-10,13-15,18,25-26H,2-3,6,11-12H2,1H3/b9-4+. The van der Waals surface area contributed by atoms with Gasteiger partial charge in [0.2, 0.25) is 0 Å². The second kappa shape index (κ2) is 8.58. The van der Waals surface area contributed by atoms with E-state index in [2.05, 4.69) is 11.9 Å². The highest BCUT2D eigenvalue weighted by molar-refractivity contribution is 6.05. The monoisotopic (exact) mass is 367 g/mol. The minimum absolute atomic E-state index is 0.107. The first-order chi connectivity index (χ1) is 13.1. The fourth-order valence-electron chi connectivity index (χ4n) is 3.33. The van der Waals surface area contributed by atoms with Gasteiger partial charge in [0.15, 0.2) is 5.76 Å². The molecule has 0 saturated carbocycles. The Bertz CT molecular complexity index is 840. The number of allylic oxidation sites excluding steroid dienone is 1. The Morgan fingerprint density at radius 2 is 2.11 bits per heavy atom. The SMILES string of the molecule is CCC/C=C/C1C(c2cccc(O)c2)=C(O)C(=O)N1CCCn1ccnc1. The van der Waals surface area contributed by atoms with Gasteiger partial charge in [-0.25, -0.2) is 4.98 Å². The number of carbonyl (C=O) groups is 1. The van der Waals surface area contributed by atoms with E-state index in [9.17, 15) is 15.0 Å². The minimum atomic E-state index is -0.370. The number of aryl methyl sites for hydroxylation is 1. The van der Waals surface area contributed by atoms with Crippen molar-refractivity contribution >= 4 is 11.5 Å². The highest BCUT2D eigenvalue weighted by Gasteiger charge is 2.38. The van der Waals surface area contributed by atoms with Crippen molar-refractivity contribution in [3.8, 4) is 5.75 Å². The maximum atomic E-state index is 12.7. The van der Waals surface area contributed by atoms with Gasteiger partial charge in [-0.05, 0) is 30.5 Å². The van der Waals surface area contributed by atoms with E-state index in [1.165, 1.54) is 0 Å². The smallest absolute Gasteiger partial charge is 0.289 e. The molecule has 0 spiro atoms. The number of aliphatic hydroxyl groups excluding tert-OH is 1. The van der Waals surface area contributed by atoms with E-state index in [1.54, 1.807) is 41.7 Å². The third-order valence-corrected chi connectivity index (χ3v) is 4.66. The minimum Gasteiger partial charge on any atom is -0.508 e. The third kappa shape index (κ3) is 4.22. The lowest BCUT2D eigenvalue weighted by molar-refractivity contribution is -0.128. The second-order valence-electron chi connectivity index (χ2n) is 6.63. The lowest BCUT2D eigenvalue weighted by Crippen LogP contribution is -2.35. The number of nitrogens with zero attached hydrogens (tertiary/aromatic N) is 3. The van der Waals surface area contributed by atoms with Crippen LogP contribution in [0.2, 0.25) is 0 Å². The quantitative estimate of drug-likeness (QED) is 0.700. The molecule has 0 bridgehead atoms. The maximum absolute atomic E-state index is 12.7. The first-order valence-corrected chi connectivity index (χ1v) is 9.27. The Morgan fingerprint density at radius 1 is 1.26 bits per heavy atom. The molecule has 6 heteroatoms. The molecule has 1 amide bonds. The van der Waals surface area contributed by atoms with Gasteiger partial charge < -0.3 is 19.7 Å². The predicted octanol–water partition coefficient (Wildman–Crippen LogP) is 3.52. The number of hydrogen-bond acceptors (Lipinski definition) is 4. The summed E-state index contributed by atoms with van der Waals surface area (Å²) in [6.07, 6.45) is 12.0. The highest BCUT2D eigenvalue weighted by atomic mass is 16.3. The largest absolute Gasteiger partial charge is 0.508 e. The zero-order valence-electron chi connectivity index (χ0n) is 15.5. The van der Waals surface area contributed by atoms with E-state index >= 15 is 0 Å². The van der Waals surface area contributed by atoms with Gasteiger partial charge in [-0.3, -0.25) is 4.79 Å². The Balaban J connectivity index is 1.83. The van der Waals surface area contributed by atoms with E-state index in [1.807, 2.05) is 22.9 Å². The summed E-state index contributed by atoms with van der Waals surface area (Å²) < 4.78 is 1.96. The first kappa shape index (κ1) is 18.8. The second-order valence-corrected chi connectivity index (χ2v) is 6.63. The highest BCUT2D eigenvalue weighted by Crippen LogP contribution is 2.35. The van der Waals surface area contributed by atoms with Gasteiger partial charge in [0.1, 0.15) is 5.75 Å². The van der Waals surface area contributed by atoms with Crippen LogP contribution in [0.1, 0.15) is 31.7 Å². The molecule has 0 aliphatic carbocycles. The molecular weight excluding hydrogens is 342 g/mol. The topological polar surface area (TPSA) is 78.6 Å². The number of aliphatic hydroxyl groups is 1. The molecule has 0 saturated heterocycles. The molecular formula is C21H25N3O3. The number of phenolic OH excluding ortho intramolecular Hbond substituents is 1. The van der Waals surface area contributed by atoms with Crippen LogP contribution >= 0.6 is 0 Å². The summed E-state index contributed by atoms with van der Waals surface area (Å²) >= 11 is 0. The molecule has 0 fully saturated rings. The molecule has 1 atom stereocenters. The number of amides is 1. The Hall–Kier alpha value is -3.02. The van der Waals surface area contributed by atoms with Crippen molar-refractivity contribution in [3.05, 3.63) is 66.5 Å². The molecule has 0 radical (unpaired) electrons. The average molecular weight is 367 g/mol. The fraction of sp³-hybridized carbons (Fsp3) is 0.333. The lowest BCUT2D eigenvalue weighted by atomic mass is 9.98. The summed E-state index contributed by atoms with van der Waals surface area (Å²) in [5, 5.41) is 20.3. The number of unbranched alkanes of at least 4 members (excludes halogenated alkanes) is 1. The number of carbonyl (C=O) groups excluding carboxylic acids is 1. The van der Waals surface area contributed by atoms with Gasteiger partial charge in [0.25, 0.3) is 5.91 Å². The Morgan fingerprint density at radius 3 is 2.81 bits per heavy atom. The van der Waals surface area contributed by atoms with E-state index in [-0.39, 0.29) is 23.5 Å². The van der Waals surface area contributed by atoms with Crippen LogP contribution in [0, 0.1) is 0 Å². The Labute approximate surface area is 159 Å². The number of aromatic nitrogens is 2. The first-order valence-electron chi connectivity index (χ1n) is 9.27. The molecule has 2 heterocycles. The third-order valence-electron chi connectivity index (χ3n) is 4.66. The van der Waals surface area contributed by atoms with Crippen molar-refractivity contribution in [1.82, 2.24) is 14.5 Å². The summed E-state index contributed by atoms with van der Waals surface area (Å²) in [7, 11) is 0. The molecule has 1 aliphatic rings. The predicted molar refractivity (Wildman–Crippen MR) is 104 cm³/mol. The van der Waals surface area contributed by atoms with Crippen molar-refractivity contribution in [3.63, 3.8) is 0 Å². The number of imidazole rings is 1. The number of phenols is 1. The number of aromatic hydroxyl groups is 1. The molecule has 27 heavy (non-hydrogen) atoms. The molecule has 2 N–H and O–H groups in total. The summed E-state index contributed by atoms with van der Waals surface area (Å²) in [4.78, 5) is 18.4. The van der Waals surface area contributed by atoms with Crippen LogP contribution in [0.25, 0.3) is 5.57 Å². The molecule has 1 aromatic carbocycles. The van der Waals surface area contributed by atoms with Gasteiger partial charge in [0.05, 0.1) is 12.4 Å². The molecule has 6 nitrogen and oxygen atoms in total. The van der Waals surface area contributed by atoms with Crippen LogP contribution in [0.4, 0.5) is 0 Å². The van der Waals surface area contributed by atoms with Gasteiger partial charge >= 0.3 is 0 Å². The van der Waals surface area contributed by atoms with Crippen LogP contribution < -0.4 is 0 Å². The van der Waals surface area contributed by atoms with Crippen LogP contribution in [-0.4, -0.2) is 43.2 Å². The van der Waals surface area contributed by atoms with Gasteiger partial charge in [-0.15, -0.1) is 0 Å². The van der Waals surface area contributed by atoms with E-state index in [4.69, 9.17) is 0 Å². The average Bonchev–Trinajstić information content (AvgIpc) is 3.24. The van der Waals surface area contributed by atoms with Crippen LogP contribution in [0.3, 0.4) is 0 Å². The molecule has 1 aliphatic heterocycles. The zero-order valence-corrected chi connectivity index (χ0v) is 15.5. The summed E-state index contributed by atoms with van der Waals surface area (Å²) in [5.41, 5.74) is 1.20. The van der Waals surface area contributed by atoms with Crippen molar-refractivity contribution < 1.29 is 15.0 Å². The normalized spacial score (nSPS) is 17.4. The maximum Gasteiger partial charge on any atom is 0.289 e. The molecule has 1 unspecified atom stereocenters. The van der Waals surface area contributed by atoms with Crippen LogP contribution in [0.15, 0.2) is 60.9 Å². The molecule has 3 rings (SSSR count). The van der Waals surface area contributed by atoms with E-state index < -0.39 is 0 Å². The molecule has 1 aromatic heterocycles. The van der Waals surface area contributed by atoms with Gasteiger partial charge in [-0.1, -0.05) is 37.6 Å². The fourth-order valence-corrected chi connectivity index (χ4v) is 3.33. The number of rotatable bonds is 8. The number of hydrogen-bond donors (Lipinski definition) is 2. The van der Waals surface area contributed by atoms with Gasteiger partial charge in [0, 0.05) is 31.1 Å². The molecule has 2 aromatic rings. The zero-order chi connectivity index (χ0) is 19.2.